The maximum atomic E-state index is 5.36. The molecule has 2 N–H and O–H groups in total. The zero-order valence-electron chi connectivity index (χ0n) is 17.1. The Hall–Kier alpha value is -1.60. The Bertz CT molecular complexity index is 548. The van der Waals surface area contributed by atoms with Gasteiger partial charge in [-0.2, -0.15) is 0 Å². The summed E-state index contributed by atoms with van der Waals surface area (Å²) in [5.74, 6) is 2.58. The normalized spacial score (nSPS) is 18.3. The molecule has 26 heavy (non-hydrogen) atoms. The van der Waals surface area contributed by atoms with E-state index in [0.29, 0.717) is 18.4 Å². The van der Waals surface area contributed by atoms with Gasteiger partial charge < -0.3 is 25.0 Å². The molecule has 0 saturated carbocycles. The Kier molecular flexibility index (Phi) is 8.38. The van der Waals surface area contributed by atoms with Crippen LogP contribution in [0.2, 0.25) is 0 Å². The van der Waals surface area contributed by atoms with E-state index in [1.54, 1.807) is 7.05 Å². The Morgan fingerprint density at radius 2 is 1.88 bits per heavy atom. The van der Waals surface area contributed by atoms with Crippen molar-refractivity contribution in [1.82, 2.24) is 25.6 Å². The first-order chi connectivity index (χ1) is 12.5. The van der Waals surface area contributed by atoms with Crippen molar-refractivity contribution in [2.24, 2.45) is 10.9 Å². The standard InChI is InChI=1S/C19H36N6O/c1-6-24-7-9-25(10-8-24)14-16(4)12-21-19(20-5)22-13-17-11-18(15(2)3)23-26-17/h11,15-16H,6-10,12-14H2,1-5H3,(H2,20,21,22). The number of nitrogens with zero attached hydrogens (tertiary/aromatic N) is 4. The number of aromatic nitrogens is 1. The second kappa shape index (κ2) is 10.5. The highest BCUT2D eigenvalue weighted by Gasteiger charge is 2.17. The first kappa shape index (κ1) is 20.7. The Labute approximate surface area is 158 Å². The topological polar surface area (TPSA) is 68.9 Å². The highest BCUT2D eigenvalue weighted by atomic mass is 16.5. The van der Waals surface area contributed by atoms with Crippen LogP contribution in [0.5, 0.6) is 0 Å². The summed E-state index contributed by atoms with van der Waals surface area (Å²) in [5, 5.41) is 10.8. The first-order valence-corrected chi connectivity index (χ1v) is 9.86. The molecular weight excluding hydrogens is 328 g/mol. The molecule has 1 aliphatic heterocycles. The third kappa shape index (κ3) is 6.61. The second-order valence-electron chi connectivity index (χ2n) is 7.52. The lowest BCUT2D eigenvalue weighted by atomic mass is 10.1. The van der Waals surface area contributed by atoms with Crippen molar-refractivity contribution in [2.75, 3.05) is 52.9 Å². The van der Waals surface area contributed by atoms with Gasteiger partial charge in [-0.25, -0.2) is 0 Å². The minimum Gasteiger partial charge on any atom is -0.359 e. The molecule has 0 aliphatic carbocycles. The van der Waals surface area contributed by atoms with Crippen molar-refractivity contribution < 1.29 is 4.52 Å². The third-order valence-corrected chi connectivity index (χ3v) is 4.92. The zero-order valence-corrected chi connectivity index (χ0v) is 17.1. The molecule has 1 aliphatic rings. The summed E-state index contributed by atoms with van der Waals surface area (Å²) in [6, 6.07) is 2.00. The van der Waals surface area contributed by atoms with Crippen LogP contribution in [0.4, 0.5) is 0 Å². The Balaban J connectivity index is 1.67. The molecular formula is C19H36N6O. The molecule has 2 rings (SSSR count). The smallest absolute Gasteiger partial charge is 0.191 e. The molecule has 0 radical (unpaired) electrons. The molecule has 2 heterocycles. The largest absolute Gasteiger partial charge is 0.359 e. The summed E-state index contributed by atoms with van der Waals surface area (Å²) >= 11 is 0. The maximum Gasteiger partial charge on any atom is 0.191 e. The molecule has 7 nitrogen and oxygen atoms in total. The van der Waals surface area contributed by atoms with Gasteiger partial charge in [0, 0.05) is 52.4 Å². The molecule has 1 atom stereocenters. The highest BCUT2D eigenvalue weighted by molar-refractivity contribution is 5.79. The number of hydrogen-bond acceptors (Lipinski definition) is 5. The fourth-order valence-electron chi connectivity index (χ4n) is 3.14. The van der Waals surface area contributed by atoms with Gasteiger partial charge in [0.1, 0.15) is 0 Å². The lowest BCUT2D eigenvalue weighted by Crippen LogP contribution is -2.48. The molecule has 1 saturated heterocycles. The van der Waals surface area contributed by atoms with Crippen molar-refractivity contribution in [1.29, 1.82) is 0 Å². The number of likely N-dealkylation sites (N-methyl/N-ethyl adjacent to an activating group) is 1. The average molecular weight is 365 g/mol. The molecule has 1 aromatic rings. The molecule has 0 spiro atoms. The molecule has 1 aromatic heterocycles. The monoisotopic (exact) mass is 364 g/mol. The number of nitrogens with one attached hydrogen (secondary N) is 2. The summed E-state index contributed by atoms with van der Waals surface area (Å²) in [7, 11) is 1.80. The van der Waals surface area contributed by atoms with Gasteiger partial charge in [0.15, 0.2) is 11.7 Å². The quantitative estimate of drug-likeness (QED) is 0.541. The van der Waals surface area contributed by atoms with E-state index < -0.39 is 0 Å². The van der Waals surface area contributed by atoms with E-state index in [9.17, 15) is 0 Å². The summed E-state index contributed by atoms with van der Waals surface area (Å²) in [6.45, 7) is 17.3. The van der Waals surface area contributed by atoms with Crippen LogP contribution in [0.15, 0.2) is 15.6 Å². The lowest BCUT2D eigenvalue weighted by Gasteiger charge is -2.35. The van der Waals surface area contributed by atoms with Gasteiger partial charge in [0.05, 0.1) is 12.2 Å². The van der Waals surface area contributed by atoms with E-state index in [1.165, 1.54) is 26.2 Å². The summed E-state index contributed by atoms with van der Waals surface area (Å²) < 4.78 is 5.36. The Morgan fingerprint density at radius 1 is 1.19 bits per heavy atom. The van der Waals surface area contributed by atoms with Gasteiger partial charge >= 0.3 is 0 Å². The van der Waals surface area contributed by atoms with E-state index in [1.807, 2.05) is 6.07 Å². The summed E-state index contributed by atoms with van der Waals surface area (Å²) in [5.41, 5.74) is 0.988. The van der Waals surface area contributed by atoms with Gasteiger partial charge in [-0.3, -0.25) is 4.99 Å². The van der Waals surface area contributed by atoms with Crippen LogP contribution in [-0.2, 0) is 6.54 Å². The average Bonchev–Trinajstić information content (AvgIpc) is 3.12. The van der Waals surface area contributed by atoms with Crippen LogP contribution >= 0.6 is 0 Å². The van der Waals surface area contributed by atoms with Crippen LogP contribution in [0.1, 0.15) is 45.1 Å². The first-order valence-electron chi connectivity index (χ1n) is 9.86. The lowest BCUT2D eigenvalue weighted by molar-refractivity contribution is 0.124. The van der Waals surface area contributed by atoms with Crippen molar-refractivity contribution in [3.05, 3.63) is 17.5 Å². The van der Waals surface area contributed by atoms with Gasteiger partial charge in [-0.15, -0.1) is 0 Å². The summed E-state index contributed by atoms with van der Waals surface area (Å²) in [4.78, 5) is 9.38. The van der Waals surface area contributed by atoms with Crippen molar-refractivity contribution in [3.8, 4) is 0 Å². The van der Waals surface area contributed by atoms with E-state index >= 15 is 0 Å². The van der Waals surface area contributed by atoms with Gasteiger partial charge in [0.25, 0.3) is 0 Å². The van der Waals surface area contributed by atoms with Gasteiger partial charge in [-0.1, -0.05) is 32.9 Å². The van der Waals surface area contributed by atoms with E-state index in [2.05, 4.69) is 58.3 Å². The Morgan fingerprint density at radius 3 is 2.46 bits per heavy atom. The summed E-state index contributed by atoms with van der Waals surface area (Å²) in [6.07, 6.45) is 0. The molecule has 0 amide bonds. The van der Waals surface area contributed by atoms with Crippen LogP contribution in [0.25, 0.3) is 0 Å². The predicted molar refractivity (Wildman–Crippen MR) is 107 cm³/mol. The fourth-order valence-corrected chi connectivity index (χ4v) is 3.14. The van der Waals surface area contributed by atoms with Crippen molar-refractivity contribution >= 4 is 5.96 Å². The number of piperazine rings is 1. The van der Waals surface area contributed by atoms with Gasteiger partial charge in [0.2, 0.25) is 0 Å². The molecule has 0 bridgehead atoms. The number of aliphatic imine (C=N–C) groups is 1. The van der Waals surface area contributed by atoms with Crippen molar-refractivity contribution in [3.63, 3.8) is 0 Å². The number of hydrogen-bond donors (Lipinski definition) is 2. The maximum absolute atomic E-state index is 5.36. The van der Waals surface area contributed by atoms with Crippen LogP contribution in [0.3, 0.4) is 0 Å². The van der Waals surface area contributed by atoms with Gasteiger partial charge in [-0.05, 0) is 18.4 Å². The van der Waals surface area contributed by atoms with E-state index in [-0.39, 0.29) is 0 Å². The SMILES string of the molecule is CCN1CCN(CC(C)CNC(=NC)NCc2cc(C(C)C)no2)CC1. The number of guanidine groups is 1. The molecule has 1 unspecified atom stereocenters. The number of rotatable bonds is 8. The van der Waals surface area contributed by atoms with Crippen molar-refractivity contribution in [2.45, 2.75) is 40.2 Å². The minimum atomic E-state index is 0.380. The molecule has 7 heteroatoms. The fraction of sp³-hybridized carbons (Fsp3) is 0.789. The highest BCUT2D eigenvalue weighted by Crippen LogP contribution is 2.13. The molecule has 1 fully saturated rings. The van der Waals surface area contributed by atoms with E-state index in [4.69, 9.17) is 4.52 Å². The predicted octanol–water partition coefficient (Wildman–Crippen LogP) is 1.74. The van der Waals surface area contributed by atoms with E-state index in [0.717, 1.165) is 37.0 Å². The van der Waals surface area contributed by atoms with Crippen LogP contribution in [-0.4, -0.2) is 73.8 Å². The molecule has 0 aromatic carbocycles. The van der Waals surface area contributed by atoms with Crippen LogP contribution in [0, 0.1) is 5.92 Å². The third-order valence-electron chi connectivity index (χ3n) is 4.92. The molecule has 148 valence electrons. The zero-order chi connectivity index (χ0) is 18.9. The minimum absolute atomic E-state index is 0.380. The van der Waals surface area contributed by atoms with Crippen LogP contribution < -0.4 is 10.6 Å². The second-order valence-corrected chi connectivity index (χ2v) is 7.52.